The number of morpholine rings is 1. The Labute approximate surface area is 126 Å². The van der Waals surface area contributed by atoms with Gasteiger partial charge >= 0.3 is 0 Å². The summed E-state index contributed by atoms with van der Waals surface area (Å²) in [6.45, 7) is 7.27. The maximum absolute atomic E-state index is 11.5. The molecular formula is C15H23N2O3S+. The molecule has 1 atom stereocenters. The Kier molecular flexibility index (Phi) is 5.93. The van der Waals surface area contributed by atoms with Crippen LogP contribution in [0.4, 0.5) is 5.69 Å². The highest BCUT2D eigenvalue weighted by molar-refractivity contribution is 7.94. The van der Waals surface area contributed by atoms with Gasteiger partial charge in [-0.1, -0.05) is 24.8 Å². The number of nitrogens with one attached hydrogen (secondary N) is 1. The van der Waals surface area contributed by atoms with Crippen LogP contribution >= 0.6 is 0 Å². The van der Waals surface area contributed by atoms with Gasteiger partial charge < -0.3 is 4.74 Å². The number of ether oxygens (including phenoxy) is 1. The first kappa shape index (κ1) is 16.2. The molecule has 0 radical (unpaired) electrons. The fourth-order valence-corrected chi connectivity index (χ4v) is 3.19. The Balaban J connectivity index is 2.03. The quantitative estimate of drug-likeness (QED) is 0.792. The fraction of sp³-hybridized carbons (Fsp3) is 0.467. The Morgan fingerprint density at radius 3 is 2.52 bits per heavy atom. The summed E-state index contributed by atoms with van der Waals surface area (Å²) in [6, 6.07) is 10.2. The molecular weight excluding hydrogens is 288 g/mol. The first-order chi connectivity index (χ1) is 10.1. The summed E-state index contributed by atoms with van der Waals surface area (Å²) in [4.78, 5) is 0. The topological polar surface area (TPSA) is 51.0 Å². The SMILES string of the molecule is C=CS(=O)(=O)CCC[NH+](c1ccccc1)N1CCOCC1. The molecule has 2 rings (SSSR count). The van der Waals surface area contributed by atoms with Gasteiger partial charge in [0.05, 0.1) is 32.1 Å². The van der Waals surface area contributed by atoms with Gasteiger partial charge in [-0.2, -0.15) is 0 Å². The molecule has 1 aromatic rings. The summed E-state index contributed by atoms with van der Waals surface area (Å²) in [5.74, 6) is 0.150. The van der Waals surface area contributed by atoms with Gasteiger partial charge in [-0.3, -0.25) is 0 Å². The van der Waals surface area contributed by atoms with Crippen molar-refractivity contribution in [2.75, 3.05) is 38.6 Å². The van der Waals surface area contributed by atoms with E-state index in [2.05, 4.69) is 23.7 Å². The lowest BCUT2D eigenvalue weighted by molar-refractivity contribution is -0.960. The molecule has 0 saturated carbocycles. The predicted octanol–water partition coefficient (Wildman–Crippen LogP) is 0.399. The van der Waals surface area contributed by atoms with E-state index in [4.69, 9.17) is 4.74 Å². The molecule has 1 unspecified atom stereocenters. The van der Waals surface area contributed by atoms with Gasteiger partial charge in [-0.15, -0.1) is 5.01 Å². The molecule has 0 aromatic heterocycles. The van der Waals surface area contributed by atoms with E-state index in [-0.39, 0.29) is 5.75 Å². The van der Waals surface area contributed by atoms with Crippen molar-refractivity contribution in [1.82, 2.24) is 5.01 Å². The van der Waals surface area contributed by atoms with Crippen molar-refractivity contribution in [3.05, 3.63) is 42.3 Å². The van der Waals surface area contributed by atoms with E-state index < -0.39 is 9.84 Å². The molecule has 1 saturated heterocycles. The normalized spacial score (nSPS) is 18.3. The van der Waals surface area contributed by atoms with Crippen LogP contribution in [0.3, 0.4) is 0 Å². The first-order valence-corrected chi connectivity index (χ1v) is 8.93. The van der Waals surface area contributed by atoms with Crippen molar-refractivity contribution in [3.63, 3.8) is 0 Å². The summed E-state index contributed by atoms with van der Waals surface area (Å²) in [7, 11) is -3.12. The summed E-state index contributed by atoms with van der Waals surface area (Å²) in [5.41, 5.74) is 1.16. The maximum atomic E-state index is 11.5. The van der Waals surface area contributed by atoms with Crippen LogP contribution < -0.4 is 5.01 Å². The molecule has 0 spiro atoms. The molecule has 1 heterocycles. The second-order valence-electron chi connectivity index (χ2n) is 5.05. The Morgan fingerprint density at radius 2 is 1.90 bits per heavy atom. The second kappa shape index (κ2) is 7.70. The highest BCUT2D eigenvalue weighted by Gasteiger charge is 2.24. The maximum Gasteiger partial charge on any atom is 0.171 e. The zero-order valence-corrected chi connectivity index (χ0v) is 13.0. The number of para-hydroxylation sites is 1. The smallest absolute Gasteiger partial charge is 0.171 e. The van der Waals surface area contributed by atoms with Gasteiger partial charge in [-0.25, -0.2) is 13.4 Å². The molecule has 1 aromatic carbocycles. The van der Waals surface area contributed by atoms with E-state index >= 15 is 0 Å². The van der Waals surface area contributed by atoms with Crippen molar-refractivity contribution in [2.24, 2.45) is 0 Å². The largest absolute Gasteiger partial charge is 0.378 e. The second-order valence-corrected chi connectivity index (χ2v) is 7.12. The highest BCUT2D eigenvalue weighted by atomic mass is 32.2. The van der Waals surface area contributed by atoms with E-state index in [1.807, 2.05) is 18.2 Å². The number of nitrogens with zero attached hydrogens (tertiary/aromatic N) is 1. The molecule has 21 heavy (non-hydrogen) atoms. The number of hydrogen-bond donors (Lipinski definition) is 1. The zero-order valence-electron chi connectivity index (χ0n) is 12.2. The van der Waals surface area contributed by atoms with Crippen molar-refractivity contribution in [2.45, 2.75) is 6.42 Å². The zero-order chi connectivity index (χ0) is 15.1. The minimum absolute atomic E-state index is 0.150. The Bertz CT molecular complexity index is 539. The average Bonchev–Trinajstić information content (AvgIpc) is 2.53. The summed E-state index contributed by atoms with van der Waals surface area (Å²) >= 11 is 0. The molecule has 5 nitrogen and oxygen atoms in total. The lowest BCUT2D eigenvalue weighted by Gasteiger charge is -2.33. The van der Waals surface area contributed by atoms with Crippen LogP contribution in [0.5, 0.6) is 0 Å². The van der Waals surface area contributed by atoms with Crippen LogP contribution in [-0.4, -0.2) is 52.0 Å². The summed E-state index contributed by atoms with van der Waals surface area (Å²) in [6.07, 6.45) is 0.607. The van der Waals surface area contributed by atoms with Gasteiger partial charge in [0.25, 0.3) is 0 Å². The highest BCUT2D eigenvalue weighted by Crippen LogP contribution is 2.02. The average molecular weight is 311 g/mol. The molecule has 0 bridgehead atoms. The number of hydrogen-bond acceptors (Lipinski definition) is 4. The monoisotopic (exact) mass is 311 g/mol. The van der Waals surface area contributed by atoms with E-state index in [0.29, 0.717) is 6.42 Å². The summed E-state index contributed by atoms with van der Waals surface area (Å²) in [5, 5.41) is 4.56. The minimum Gasteiger partial charge on any atom is -0.378 e. The lowest BCUT2D eigenvalue weighted by Crippen LogP contribution is -3.14. The Morgan fingerprint density at radius 1 is 1.24 bits per heavy atom. The molecule has 0 aliphatic carbocycles. The van der Waals surface area contributed by atoms with Gasteiger partial charge in [0, 0.05) is 24.0 Å². The van der Waals surface area contributed by atoms with E-state index in [9.17, 15) is 8.42 Å². The molecule has 1 N–H and O–H groups in total. The number of quaternary nitrogens is 1. The van der Waals surface area contributed by atoms with Gasteiger partial charge in [0.1, 0.15) is 6.54 Å². The van der Waals surface area contributed by atoms with Crippen LogP contribution in [0, 0.1) is 0 Å². The Hall–Kier alpha value is -1.21. The van der Waals surface area contributed by atoms with Crippen molar-refractivity contribution in [1.29, 1.82) is 0 Å². The third kappa shape index (κ3) is 4.93. The standard InChI is InChI=1S/C15H22N2O3S/c1-2-21(18,19)14-6-9-17(15-7-4-3-5-8-15)16-10-12-20-13-11-16/h2-5,7-8H,1,6,9-14H2/p+1. The van der Waals surface area contributed by atoms with Gasteiger partial charge in [0.15, 0.2) is 15.5 Å². The van der Waals surface area contributed by atoms with Crippen molar-refractivity contribution < 1.29 is 18.2 Å². The van der Waals surface area contributed by atoms with Crippen molar-refractivity contribution >= 4 is 15.5 Å². The summed E-state index contributed by atoms with van der Waals surface area (Å²) < 4.78 is 28.5. The van der Waals surface area contributed by atoms with E-state index in [0.717, 1.165) is 43.9 Å². The van der Waals surface area contributed by atoms with Crippen molar-refractivity contribution in [3.8, 4) is 0 Å². The molecule has 6 heteroatoms. The van der Waals surface area contributed by atoms with Crippen LogP contribution in [0.15, 0.2) is 42.3 Å². The predicted molar refractivity (Wildman–Crippen MR) is 82.9 cm³/mol. The van der Waals surface area contributed by atoms with Crippen LogP contribution in [-0.2, 0) is 14.6 Å². The molecule has 1 fully saturated rings. The third-order valence-corrected chi connectivity index (χ3v) is 4.96. The van der Waals surface area contributed by atoms with E-state index in [1.165, 1.54) is 5.01 Å². The minimum atomic E-state index is -3.12. The molecule has 1 aliphatic heterocycles. The first-order valence-electron chi connectivity index (χ1n) is 7.21. The third-order valence-electron chi connectivity index (χ3n) is 3.60. The van der Waals surface area contributed by atoms with Crippen LogP contribution in [0.1, 0.15) is 6.42 Å². The van der Waals surface area contributed by atoms with Crippen LogP contribution in [0.25, 0.3) is 0 Å². The molecule has 0 amide bonds. The molecule has 116 valence electrons. The van der Waals surface area contributed by atoms with Gasteiger partial charge in [0.2, 0.25) is 0 Å². The number of rotatable bonds is 7. The number of sulfone groups is 1. The lowest BCUT2D eigenvalue weighted by atomic mass is 10.3. The fourth-order valence-electron chi connectivity index (χ4n) is 2.47. The number of benzene rings is 1. The van der Waals surface area contributed by atoms with Gasteiger partial charge in [-0.05, 0) is 0 Å². The molecule has 1 aliphatic rings. The van der Waals surface area contributed by atoms with E-state index in [1.54, 1.807) is 0 Å². The van der Waals surface area contributed by atoms with Crippen LogP contribution in [0.2, 0.25) is 0 Å².